The molecule has 2 atom stereocenters. The van der Waals surface area contributed by atoms with E-state index in [-0.39, 0.29) is 6.10 Å². The lowest BCUT2D eigenvalue weighted by Gasteiger charge is -2.12. The lowest BCUT2D eigenvalue weighted by molar-refractivity contribution is 0.156. The van der Waals surface area contributed by atoms with Crippen molar-refractivity contribution < 1.29 is 18.1 Å². The number of rotatable bonds is 16. The topological polar surface area (TPSA) is 74.6 Å². The van der Waals surface area contributed by atoms with Crippen molar-refractivity contribution in [1.82, 2.24) is 0 Å². The van der Waals surface area contributed by atoms with Crippen LogP contribution in [0.1, 0.15) is 104 Å². The fourth-order valence-corrected chi connectivity index (χ4v) is 3.96. The monoisotopic (exact) mass is 350 g/mol. The molecule has 5 heteroatoms. The smallest absolute Gasteiger partial charge is 0.267 e. The fraction of sp³-hybridized carbons (Fsp3) is 1.00. The van der Waals surface area contributed by atoms with Gasteiger partial charge in [0.1, 0.15) is 0 Å². The van der Waals surface area contributed by atoms with Crippen LogP contribution in [-0.2, 0) is 10.1 Å². The highest BCUT2D eigenvalue weighted by Crippen LogP contribution is 2.17. The van der Waals surface area contributed by atoms with Gasteiger partial charge in [-0.2, -0.15) is 8.42 Å². The first-order valence-corrected chi connectivity index (χ1v) is 11.1. The van der Waals surface area contributed by atoms with Crippen LogP contribution < -0.4 is 0 Å². The lowest BCUT2D eigenvalue weighted by Crippen LogP contribution is -2.20. The van der Waals surface area contributed by atoms with Gasteiger partial charge in [-0.1, -0.05) is 78.1 Å². The van der Waals surface area contributed by atoms with E-state index in [1.807, 2.05) is 13.8 Å². The van der Waals surface area contributed by atoms with Gasteiger partial charge in [0.2, 0.25) is 0 Å². The Bertz CT molecular complexity index is 354. The second-order valence-electron chi connectivity index (χ2n) is 6.75. The third-order valence-electron chi connectivity index (χ3n) is 4.57. The van der Waals surface area contributed by atoms with Crippen LogP contribution in [0.15, 0.2) is 0 Å². The Kier molecular flexibility index (Phi) is 14.2. The summed E-state index contributed by atoms with van der Waals surface area (Å²) in [6.07, 6.45) is 14.0. The molecule has 140 valence electrons. The summed E-state index contributed by atoms with van der Waals surface area (Å²) in [4.78, 5) is 0. The number of aliphatic hydroxyl groups excluding tert-OH is 1. The Hall–Kier alpha value is -0.130. The van der Waals surface area contributed by atoms with Crippen molar-refractivity contribution in [3.05, 3.63) is 0 Å². The molecule has 0 saturated heterocycles. The largest absolute Gasteiger partial charge is 0.393 e. The highest BCUT2D eigenvalue weighted by molar-refractivity contribution is 7.86. The Labute approximate surface area is 143 Å². The van der Waals surface area contributed by atoms with Gasteiger partial charge in [-0.15, -0.1) is 0 Å². The molecule has 0 bridgehead atoms. The molecule has 0 radical (unpaired) electrons. The minimum absolute atomic E-state index is 0.116. The molecular formula is C18H38O4S. The molecular weight excluding hydrogens is 312 g/mol. The average molecular weight is 351 g/mol. The molecule has 0 aromatic rings. The molecule has 0 aliphatic rings. The zero-order chi connectivity index (χ0) is 17.6. The van der Waals surface area contributed by atoms with Gasteiger partial charge in [0, 0.05) is 0 Å². The van der Waals surface area contributed by atoms with Gasteiger partial charge in [-0.3, -0.25) is 4.55 Å². The third kappa shape index (κ3) is 14.0. The fourth-order valence-electron chi connectivity index (χ4n) is 2.96. The minimum atomic E-state index is -3.86. The van der Waals surface area contributed by atoms with E-state index in [2.05, 4.69) is 0 Å². The van der Waals surface area contributed by atoms with Gasteiger partial charge in [-0.05, 0) is 25.7 Å². The molecule has 4 nitrogen and oxygen atoms in total. The van der Waals surface area contributed by atoms with Crippen LogP contribution in [-0.4, -0.2) is 29.4 Å². The quantitative estimate of drug-likeness (QED) is 0.300. The molecule has 0 aliphatic heterocycles. The van der Waals surface area contributed by atoms with Gasteiger partial charge in [0.15, 0.2) is 0 Å². The first kappa shape index (κ1) is 22.9. The second-order valence-corrected chi connectivity index (χ2v) is 8.44. The van der Waals surface area contributed by atoms with Gasteiger partial charge < -0.3 is 5.11 Å². The Balaban J connectivity index is 3.42. The molecule has 0 aromatic heterocycles. The van der Waals surface area contributed by atoms with E-state index in [4.69, 9.17) is 4.55 Å². The predicted octanol–water partition coefficient (Wildman–Crippen LogP) is 5.10. The average Bonchev–Trinajstić information content (AvgIpc) is 2.50. The van der Waals surface area contributed by atoms with Gasteiger partial charge >= 0.3 is 0 Å². The van der Waals surface area contributed by atoms with Crippen molar-refractivity contribution in [3.8, 4) is 0 Å². The molecule has 0 rings (SSSR count). The second kappa shape index (κ2) is 14.2. The summed E-state index contributed by atoms with van der Waals surface area (Å²) < 4.78 is 31.6. The number of hydrogen-bond acceptors (Lipinski definition) is 3. The molecule has 23 heavy (non-hydrogen) atoms. The Morgan fingerprint density at radius 2 is 1.17 bits per heavy atom. The maximum atomic E-state index is 11.2. The van der Waals surface area contributed by atoms with Crippen molar-refractivity contribution in [2.45, 2.75) is 115 Å². The van der Waals surface area contributed by atoms with Crippen LogP contribution in [0.5, 0.6) is 0 Å². The number of aliphatic hydroxyl groups is 1. The molecule has 0 saturated carbocycles. The van der Waals surface area contributed by atoms with Crippen LogP contribution >= 0.6 is 0 Å². The molecule has 2 N–H and O–H groups in total. The molecule has 0 fully saturated rings. The number of hydrogen-bond donors (Lipinski definition) is 2. The highest BCUT2D eigenvalue weighted by Gasteiger charge is 2.20. The summed E-state index contributed by atoms with van der Waals surface area (Å²) in [5.41, 5.74) is 0. The van der Waals surface area contributed by atoms with Crippen molar-refractivity contribution in [2.24, 2.45) is 0 Å². The van der Waals surface area contributed by atoms with Crippen molar-refractivity contribution in [2.75, 3.05) is 0 Å². The van der Waals surface area contributed by atoms with Crippen LogP contribution in [0.25, 0.3) is 0 Å². The maximum absolute atomic E-state index is 11.2. The molecule has 0 aliphatic carbocycles. The molecule has 0 spiro atoms. The van der Waals surface area contributed by atoms with Crippen LogP contribution in [0.2, 0.25) is 0 Å². The lowest BCUT2D eigenvalue weighted by atomic mass is 10.0. The van der Waals surface area contributed by atoms with Crippen LogP contribution in [0, 0.1) is 0 Å². The molecule has 0 aromatic carbocycles. The summed E-state index contributed by atoms with van der Waals surface area (Å²) in [7, 11) is -3.86. The van der Waals surface area contributed by atoms with E-state index >= 15 is 0 Å². The SMILES string of the molecule is CCCC(CCCCCCCCCCCC(O)CC)S(=O)(=O)O. The normalized spacial score (nSPS) is 14.8. The van der Waals surface area contributed by atoms with E-state index in [0.29, 0.717) is 12.8 Å². The number of unbranched alkanes of at least 4 members (excludes halogenated alkanes) is 8. The van der Waals surface area contributed by atoms with Gasteiger partial charge in [-0.25, -0.2) is 0 Å². The first-order chi connectivity index (χ1) is 10.9. The standard InChI is InChI=1S/C18H38O4S/c1-3-14-18(23(20,21)22)16-13-11-9-7-5-6-8-10-12-15-17(19)4-2/h17-19H,3-16H2,1-2H3,(H,20,21,22). The van der Waals surface area contributed by atoms with Crippen molar-refractivity contribution >= 4 is 10.1 Å². The summed E-state index contributed by atoms with van der Waals surface area (Å²) >= 11 is 0. The van der Waals surface area contributed by atoms with Crippen LogP contribution in [0.4, 0.5) is 0 Å². The van der Waals surface area contributed by atoms with E-state index in [1.54, 1.807) is 0 Å². The van der Waals surface area contributed by atoms with E-state index < -0.39 is 15.4 Å². The minimum Gasteiger partial charge on any atom is -0.393 e. The zero-order valence-electron chi connectivity index (χ0n) is 15.2. The zero-order valence-corrected chi connectivity index (χ0v) is 16.0. The Morgan fingerprint density at radius 3 is 1.57 bits per heavy atom. The molecule has 2 unspecified atom stereocenters. The van der Waals surface area contributed by atoms with Gasteiger partial charge in [0.05, 0.1) is 11.4 Å². The predicted molar refractivity (Wildman–Crippen MR) is 97.3 cm³/mol. The van der Waals surface area contributed by atoms with E-state index in [9.17, 15) is 13.5 Å². The van der Waals surface area contributed by atoms with Crippen molar-refractivity contribution in [3.63, 3.8) is 0 Å². The van der Waals surface area contributed by atoms with Crippen LogP contribution in [0.3, 0.4) is 0 Å². The Morgan fingerprint density at radius 1 is 0.739 bits per heavy atom. The van der Waals surface area contributed by atoms with E-state index in [1.165, 1.54) is 32.1 Å². The molecule has 0 amide bonds. The molecule has 0 heterocycles. The summed E-state index contributed by atoms with van der Waals surface area (Å²) in [6, 6.07) is 0. The maximum Gasteiger partial charge on any atom is 0.267 e. The highest BCUT2D eigenvalue weighted by atomic mass is 32.2. The first-order valence-electron chi connectivity index (χ1n) is 9.56. The van der Waals surface area contributed by atoms with Crippen molar-refractivity contribution in [1.29, 1.82) is 0 Å². The summed E-state index contributed by atoms with van der Waals surface area (Å²) in [6.45, 7) is 3.96. The summed E-state index contributed by atoms with van der Waals surface area (Å²) in [5, 5.41) is 8.89. The van der Waals surface area contributed by atoms with E-state index in [0.717, 1.165) is 44.9 Å². The van der Waals surface area contributed by atoms with Gasteiger partial charge in [0.25, 0.3) is 10.1 Å². The third-order valence-corrected chi connectivity index (χ3v) is 5.88. The summed E-state index contributed by atoms with van der Waals surface area (Å²) in [5.74, 6) is 0.